The average molecular weight is 125 g/mol. The van der Waals surface area contributed by atoms with Gasteiger partial charge < -0.3 is 0 Å². The van der Waals surface area contributed by atoms with E-state index in [-0.39, 0.29) is 0 Å². The summed E-state index contributed by atoms with van der Waals surface area (Å²) in [6.07, 6.45) is 4.32. The summed E-state index contributed by atoms with van der Waals surface area (Å²) in [5, 5.41) is 0. The lowest BCUT2D eigenvalue weighted by atomic mass is 10.4. The second-order valence-electron chi connectivity index (χ2n) is 2.41. The smallest absolute Gasteiger partial charge is 0.146 e. The third-order valence-corrected chi connectivity index (χ3v) is 3.66. The van der Waals surface area contributed by atoms with Crippen LogP contribution in [-0.4, -0.2) is 20.4 Å². The minimum Gasteiger partial charge on any atom is -0.146 e. The predicted octanol–water partition coefficient (Wildman–Crippen LogP) is 2.74. The summed E-state index contributed by atoms with van der Waals surface area (Å²) in [5.41, 5.74) is 0. The van der Waals surface area contributed by atoms with Gasteiger partial charge in [-0.1, -0.05) is 33.1 Å². The van der Waals surface area contributed by atoms with Crippen molar-refractivity contribution >= 4 is 20.4 Å². The average Bonchev–Trinajstić information content (AvgIpc) is 1.81. The Kier molecular flexibility index (Phi) is 8.51. The van der Waals surface area contributed by atoms with Gasteiger partial charge in [0, 0.05) is 0 Å². The summed E-state index contributed by atoms with van der Waals surface area (Å²) in [4.78, 5) is 0. The largest absolute Gasteiger partial charge is 0.364 e. The van der Waals surface area contributed by atoms with E-state index < -0.39 is 0 Å². The van der Waals surface area contributed by atoms with Gasteiger partial charge in [-0.3, -0.25) is 0 Å². The molecule has 0 spiro atoms. The summed E-state index contributed by atoms with van der Waals surface area (Å²) < 4.78 is 3.16. The van der Waals surface area contributed by atoms with Crippen LogP contribution in [0.2, 0.25) is 9.10 Å². The lowest BCUT2D eigenvalue weighted by Gasteiger charge is -1.90. The molecule has 1 heteroatoms. The molecular formula is C7H16Mg. The second kappa shape index (κ2) is 7.77. The number of hydrogen-bond acceptors (Lipinski definition) is 0. The van der Waals surface area contributed by atoms with Crippen LogP contribution in [0.5, 0.6) is 0 Å². The first-order valence-electron chi connectivity index (χ1n) is 3.91. The monoisotopic (exact) mass is 124 g/mol. The summed E-state index contributed by atoms with van der Waals surface area (Å²) >= 11 is 0.400. The molecule has 0 saturated heterocycles. The SMILES string of the molecule is CCC[CH2][Mg][CH2]CC. The van der Waals surface area contributed by atoms with Gasteiger partial charge in [-0.15, -0.1) is 9.10 Å². The van der Waals surface area contributed by atoms with Crippen LogP contribution in [0.3, 0.4) is 0 Å². The molecule has 0 rings (SSSR count). The van der Waals surface area contributed by atoms with Crippen LogP contribution in [0.15, 0.2) is 0 Å². The first-order chi connectivity index (χ1) is 3.91. The Labute approximate surface area is 62.8 Å². The Bertz CT molecular complexity index is 29.4. The Morgan fingerprint density at radius 3 is 2.25 bits per heavy atom. The van der Waals surface area contributed by atoms with Gasteiger partial charge in [-0.2, -0.15) is 0 Å². The maximum absolute atomic E-state index is 2.29. The van der Waals surface area contributed by atoms with Crippen LogP contribution in [0.4, 0.5) is 0 Å². The fourth-order valence-corrected chi connectivity index (χ4v) is 2.56. The highest BCUT2D eigenvalue weighted by Crippen LogP contribution is 1.97. The van der Waals surface area contributed by atoms with Crippen molar-refractivity contribution in [2.75, 3.05) is 0 Å². The molecule has 0 nitrogen and oxygen atoms in total. The zero-order valence-electron chi connectivity index (χ0n) is 6.24. The highest BCUT2D eigenvalue weighted by atomic mass is 24.5. The molecule has 0 heterocycles. The van der Waals surface area contributed by atoms with Crippen molar-refractivity contribution in [2.45, 2.75) is 42.2 Å². The van der Waals surface area contributed by atoms with E-state index in [9.17, 15) is 0 Å². The molecule has 8 heavy (non-hydrogen) atoms. The Balaban J connectivity index is 2.53. The van der Waals surface area contributed by atoms with E-state index in [0.717, 1.165) is 0 Å². The van der Waals surface area contributed by atoms with Crippen LogP contribution >= 0.6 is 0 Å². The molecule has 0 radical (unpaired) electrons. The third kappa shape index (κ3) is 6.77. The number of hydrogen-bond donors (Lipinski definition) is 0. The normalized spacial score (nSPS) is 8.75. The molecule has 0 aliphatic rings. The van der Waals surface area contributed by atoms with Gasteiger partial charge in [0.15, 0.2) is 0 Å². The standard InChI is InChI=1S/C4H9.C3H7.Mg/c1-3-4-2;1-3-2;/h1,3-4H2,2H3;1,3H2,2H3;. The minimum absolute atomic E-state index is 0.400. The zero-order valence-corrected chi connectivity index (χ0v) is 7.66. The van der Waals surface area contributed by atoms with E-state index in [1.165, 1.54) is 19.3 Å². The quantitative estimate of drug-likeness (QED) is 0.391. The highest BCUT2D eigenvalue weighted by Gasteiger charge is 1.90. The van der Waals surface area contributed by atoms with Crippen molar-refractivity contribution < 1.29 is 0 Å². The first-order valence-corrected chi connectivity index (χ1v) is 5.91. The molecule has 0 unspecified atom stereocenters. The van der Waals surface area contributed by atoms with Gasteiger partial charge in [0.1, 0.15) is 0 Å². The van der Waals surface area contributed by atoms with E-state index in [0.29, 0.717) is 20.4 Å². The fraction of sp³-hybridized carbons (Fsp3) is 1.00. The summed E-state index contributed by atoms with van der Waals surface area (Å²) in [6, 6.07) is 0. The van der Waals surface area contributed by atoms with Crippen molar-refractivity contribution in [1.82, 2.24) is 0 Å². The molecule has 0 N–H and O–H groups in total. The minimum atomic E-state index is 0.400. The fourth-order valence-electron chi connectivity index (χ4n) is 0.854. The Hall–Kier alpha value is 0.766. The van der Waals surface area contributed by atoms with E-state index in [1.54, 1.807) is 9.10 Å². The van der Waals surface area contributed by atoms with Crippen LogP contribution in [-0.2, 0) is 0 Å². The number of rotatable bonds is 5. The van der Waals surface area contributed by atoms with Crippen LogP contribution in [0.25, 0.3) is 0 Å². The predicted molar refractivity (Wildman–Crippen MR) is 40.6 cm³/mol. The van der Waals surface area contributed by atoms with Crippen molar-refractivity contribution in [3.8, 4) is 0 Å². The molecule has 0 amide bonds. The van der Waals surface area contributed by atoms with Crippen molar-refractivity contribution in [1.29, 1.82) is 0 Å². The van der Waals surface area contributed by atoms with Crippen LogP contribution in [0, 0.1) is 0 Å². The van der Waals surface area contributed by atoms with E-state index in [1.807, 2.05) is 0 Å². The maximum Gasteiger partial charge on any atom is 0.364 e. The van der Waals surface area contributed by atoms with E-state index in [2.05, 4.69) is 13.8 Å². The highest BCUT2D eigenvalue weighted by molar-refractivity contribution is 6.35. The molecule has 0 aliphatic heterocycles. The van der Waals surface area contributed by atoms with Crippen LogP contribution < -0.4 is 0 Å². The molecular weight excluding hydrogens is 108 g/mol. The van der Waals surface area contributed by atoms with Crippen molar-refractivity contribution in [2.24, 2.45) is 0 Å². The maximum atomic E-state index is 2.29. The molecule has 0 atom stereocenters. The molecule has 0 fully saturated rings. The van der Waals surface area contributed by atoms with Crippen LogP contribution in [0.1, 0.15) is 33.1 Å². The van der Waals surface area contributed by atoms with Gasteiger partial charge in [-0.25, -0.2) is 0 Å². The van der Waals surface area contributed by atoms with E-state index >= 15 is 0 Å². The van der Waals surface area contributed by atoms with Gasteiger partial charge in [0.25, 0.3) is 0 Å². The lowest BCUT2D eigenvalue weighted by Crippen LogP contribution is -1.85. The van der Waals surface area contributed by atoms with Crippen molar-refractivity contribution in [3.05, 3.63) is 0 Å². The molecule has 0 aromatic rings. The second-order valence-corrected chi connectivity index (χ2v) is 4.54. The first kappa shape index (κ1) is 8.77. The summed E-state index contributed by atoms with van der Waals surface area (Å²) in [7, 11) is 0. The summed E-state index contributed by atoms with van der Waals surface area (Å²) in [5.74, 6) is 0. The van der Waals surface area contributed by atoms with Gasteiger partial charge >= 0.3 is 20.4 Å². The van der Waals surface area contributed by atoms with Crippen molar-refractivity contribution in [3.63, 3.8) is 0 Å². The van der Waals surface area contributed by atoms with E-state index in [4.69, 9.17) is 0 Å². The van der Waals surface area contributed by atoms with Gasteiger partial charge in [0.2, 0.25) is 0 Å². The molecule has 0 bridgehead atoms. The lowest BCUT2D eigenvalue weighted by molar-refractivity contribution is 0.874. The Morgan fingerprint density at radius 2 is 1.75 bits per heavy atom. The molecule has 46 valence electrons. The Morgan fingerprint density at radius 1 is 1.00 bits per heavy atom. The third-order valence-electron chi connectivity index (χ3n) is 1.46. The zero-order chi connectivity index (χ0) is 6.24. The number of unbranched alkanes of at least 4 members (excludes halogenated alkanes) is 1. The van der Waals surface area contributed by atoms with Gasteiger partial charge in [-0.05, 0) is 0 Å². The van der Waals surface area contributed by atoms with Gasteiger partial charge in [0.05, 0.1) is 0 Å². The molecule has 0 aromatic carbocycles. The molecule has 0 aromatic heterocycles. The molecule has 0 aliphatic carbocycles. The molecule has 0 saturated carbocycles. The summed E-state index contributed by atoms with van der Waals surface area (Å²) in [6.45, 7) is 4.57. The topological polar surface area (TPSA) is 0 Å².